The van der Waals surface area contributed by atoms with E-state index >= 15 is 0 Å². The Labute approximate surface area is 187 Å². The Kier molecular flexibility index (Phi) is 9.30. The van der Waals surface area contributed by atoms with Gasteiger partial charge in [-0.2, -0.15) is 0 Å². The van der Waals surface area contributed by atoms with Crippen molar-refractivity contribution in [1.29, 1.82) is 0 Å². The first-order valence-electron chi connectivity index (χ1n) is 9.40. The van der Waals surface area contributed by atoms with E-state index in [-0.39, 0.29) is 41.6 Å². The lowest BCUT2D eigenvalue weighted by Crippen LogP contribution is -2.41. The summed E-state index contributed by atoms with van der Waals surface area (Å²) in [5.74, 6) is 2.06. The molecule has 1 heterocycles. The molecule has 3 rings (SSSR count). The van der Waals surface area contributed by atoms with Crippen LogP contribution in [-0.2, 0) is 6.54 Å². The number of nitrogens with one attached hydrogen (secondary N) is 2. The van der Waals surface area contributed by atoms with Crippen LogP contribution in [0.15, 0.2) is 47.5 Å². The molecule has 0 aromatic heterocycles. The Morgan fingerprint density at radius 3 is 2.66 bits per heavy atom. The molecule has 1 aliphatic rings. The van der Waals surface area contributed by atoms with Gasteiger partial charge in [0, 0.05) is 20.0 Å². The predicted molar refractivity (Wildman–Crippen MR) is 122 cm³/mol. The lowest BCUT2D eigenvalue weighted by atomic mass is 10.2. The Bertz CT molecular complexity index is 820. The summed E-state index contributed by atoms with van der Waals surface area (Å²) in [4.78, 5) is 4.21. The van der Waals surface area contributed by atoms with Crippen molar-refractivity contribution >= 4 is 29.9 Å². The first-order chi connectivity index (χ1) is 13.7. The molecular formula is C21H27FIN3O3. The molecule has 6 nitrogen and oxygen atoms in total. The maximum absolute atomic E-state index is 13.7. The summed E-state index contributed by atoms with van der Waals surface area (Å²) < 4.78 is 30.7. The van der Waals surface area contributed by atoms with Crippen LogP contribution < -0.4 is 24.8 Å². The molecule has 0 bridgehead atoms. The van der Waals surface area contributed by atoms with Gasteiger partial charge in [0.15, 0.2) is 29.0 Å². The maximum Gasteiger partial charge on any atom is 0.191 e. The SMILES string of the molecule is CN=C(NCc1ccc2c(c1)OCCCO2)NCC(C)Oc1ccccc1F.I. The van der Waals surface area contributed by atoms with Gasteiger partial charge in [-0.05, 0) is 36.8 Å². The molecule has 1 unspecified atom stereocenters. The fourth-order valence-corrected chi connectivity index (χ4v) is 2.76. The van der Waals surface area contributed by atoms with Crippen LogP contribution in [-0.4, -0.2) is 38.9 Å². The van der Waals surface area contributed by atoms with E-state index in [1.54, 1.807) is 25.2 Å². The second kappa shape index (κ2) is 11.7. The third-order valence-electron chi connectivity index (χ3n) is 4.22. The Morgan fingerprint density at radius 1 is 1.14 bits per heavy atom. The Balaban J connectivity index is 0.00000300. The highest BCUT2D eigenvalue weighted by molar-refractivity contribution is 14.0. The number of ether oxygens (including phenoxy) is 3. The number of para-hydroxylation sites is 1. The van der Waals surface area contributed by atoms with Crippen LogP contribution in [0.3, 0.4) is 0 Å². The van der Waals surface area contributed by atoms with Gasteiger partial charge in [-0.3, -0.25) is 4.99 Å². The molecular weight excluding hydrogens is 488 g/mol. The molecule has 1 atom stereocenters. The van der Waals surface area contributed by atoms with E-state index in [0.717, 1.165) is 23.5 Å². The molecule has 158 valence electrons. The van der Waals surface area contributed by atoms with Gasteiger partial charge in [0.25, 0.3) is 0 Å². The number of benzene rings is 2. The van der Waals surface area contributed by atoms with E-state index in [1.165, 1.54) is 6.07 Å². The van der Waals surface area contributed by atoms with Gasteiger partial charge in [-0.25, -0.2) is 4.39 Å². The van der Waals surface area contributed by atoms with Gasteiger partial charge in [0.05, 0.1) is 19.8 Å². The highest BCUT2D eigenvalue weighted by Crippen LogP contribution is 2.30. The van der Waals surface area contributed by atoms with Crippen molar-refractivity contribution in [3.63, 3.8) is 0 Å². The van der Waals surface area contributed by atoms with Gasteiger partial charge < -0.3 is 24.8 Å². The zero-order valence-electron chi connectivity index (χ0n) is 16.6. The van der Waals surface area contributed by atoms with Crippen LogP contribution in [0.4, 0.5) is 4.39 Å². The smallest absolute Gasteiger partial charge is 0.191 e. The van der Waals surface area contributed by atoms with Gasteiger partial charge in [0.1, 0.15) is 6.10 Å². The maximum atomic E-state index is 13.7. The fourth-order valence-electron chi connectivity index (χ4n) is 2.76. The molecule has 0 amide bonds. The third kappa shape index (κ3) is 6.95. The quantitative estimate of drug-likeness (QED) is 0.349. The second-order valence-electron chi connectivity index (χ2n) is 6.50. The summed E-state index contributed by atoms with van der Waals surface area (Å²) in [6.07, 6.45) is 0.653. The zero-order valence-corrected chi connectivity index (χ0v) is 18.9. The van der Waals surface area contributed by atoms with Crippen LogP contribution in [0.2, 0.25) is 0 Å². The molecule has 2 aromatic rings. The average Bonchev–Trinajstić information content (AvgIpc) is 2.95. The highest BCUT2D eigenvalue weighted by Gasteiger charge is 2.12. The fraction of sp³-hybridized carbons (Fsp3) is 0.381. The van der Waals surface area contributed by atoms with Gasteiger partial charge in [-0.15, -0.1) is 24.0 Å². The first-order valence-corrected chi connectivity index (χ1v) is 9.40. The van der Waals surface area contributed by atoms with Crippen molar-refractivity contribution in [2.75, 3.05) is 26.8 Å². The highest BCUT2D eigenvalue weighted by atomic mass is 127. The topological polar surface area (TPSA) is 64.1 Å². The molecule has 1 aliphatic heterocycles. The Hall–Kier alpha value is -2.23. The minimum absolute atomic E-state index is 0. The van der Waals surface area contributed by atoms with E-state index < -0.39 is 0 Å². The van der Waals surface area contributed by atoms with Crippen molar-refractivity contribution in [2.45, 2.75) is 26.0 Å². The standard InChI is InChI=1S/C21H26FN3O3.HI/c1-15(28-18-7-4-3-6-17(18)22)13-24-21(23-2)25-14-16-8-9-19-20(12-16)27-11-5-10-26-19;/h3-4,6-9,12,15H,5,10-11,13-14H2,1-2H3,(H2,23,24,25);1H. The molecule has 0 aliphatic carbocycles. The lowest BCUT2D eigenvalue weighted by Gasteiger charge is -2.18. The Morgan fingerprint density at radius 2 is 1.90 bits per heavy atom. The molecule has 2 N–H and O–H groups in total. The van der Waals surface area contributed by atoms with E-state index in [2.05, 4.69) is 15.6 Å². The summed E-state index contributed by atoms with van der Waals surface area (Å²) >= 11 is 0. The number of rotatable bonds is 6. The van der Waals surface area contributed by atoms with Crippen molar-refractivity contribution in [3.05, 3.63) is 53.8 Å². The number of aliphatic imine (C=N–C) groups is 1. The van der Waals surface area contributed by atoms with E-state index in [9.17, 15) is 4.39 Å². The van der Waals surface area contributed by atoms with Crippen molar-refractivity contribution in [3.8, 4) is 17.2 Å². The minimum Gasteiger partial charge on any atom is -0.490 e. The molecule has 0 saturated heterocycles. The number of guanidine groups is 1. The van der Waals surface area contributed by atoms with Gasteiger partial charge in [0.2, 0.25) is 0 Å². The molecule has 8 heteroatoms. The molecule has 0 spiro atoms. The van der Waals surface area contributed by atoms with E-state index in [4.69, 9.17) is 14.2 Å². The summed E-state index contributed by atoms with van der Waals surface area (Å²) in [6.45, 7) is 4.27. The molecule has 2 aromatic carbocycles. The largest absolute Gasteiger partial charge is 0.490 e. The minimum atomic E-state index is -0.369. The number of hydrogen-bond acceptors (Lipinski definition) is 4. The normalized spacial score (nSPS) is 14.2. The molecule has 29 heavy (non-hydrogen) atoms. The van der Waals surface area contributed by atoms with Crippen LogP contribution in [0.1, 0.15) is 18.9 Å². The van der Waals surface area contributed by atoms with E-state index in [0.29, 0.717) is 32.3 Å². The summed E-state index contributed by atoms with van der Waals surface area (Å²) in [5.41, 5.74) is 1.06. The summed E-state index contributed by atoms with van der Waals surface area (Å²) in [7, 11) is 1.70. The molecule has 0 radical (unpaired) electrons. The van der Waals surface area contributed by atoms with Crippen molar-refractivity contribution < 1.29 is 18.6 Å². The second-order valence-corrected chi connectivity index (χ2v) is 6.50. The van der Waals surface area contributed by atoms with Gasteiger partial charge >= 0.3 is 0 Å². The van der Waals surface area contributed by atoms with Crippen molar-refractivity contribution in [1.82, 2.24) is 10.6 Å². The summed E-state index contributed by atoms with van der Waals surface area (Å²) in [5, 5.41) is 6.44. The lowest BCUT2D eigenvalue weighted by molar-refractivity contribution is 0.214. The first kappa shape index (κ1) is 23.1. The summed E-state index contributed by atoms with van der Waals surface area (Å²) in [6, 6.07) is 12.3. The van der Waals surface area contributed by atoms with Crippen LogP contribution in [0, 0.1) is 5.82 Å². The van der Waals surface area contributed by atoms with Crippen LogP contribution >= 0.6 is 24.0 Å². The number of halogens is 2. The zero-order chi connectivity index (χ0) is 19.8. The third-order valence-corrected chi connectivity index (χ3v) is 4.22. The molecule has 0 fully saturated rings. The monoisotopic (exact) mass is 515 g/mol. The number of hydrogen-bond donors (Lipinski definition) is 2. The predicted octanol–water partition coefficient (Wildman–Crippen LogP) is 3.74. The van der Waals surface area contributed by atoms with Gasteiger partial charge in [-0.1, -0.05) is 18.2 Å². The van der Waals surface area contributed by atoms with Crippen molar-refractivity contribution in [2.24, 2.45) is 4.99 Å². The molecule has 0 saturated carbocycles. The van der Waals surface area contributed by atoms with E-state index in [1.807, 2.05) is 25.1 Å². The van der Waals surface area contributed by atoms with Crippen LogP contribution in [0.25, 0.3) is 0 Å². The average molecular weight is 515 g/mol. The van der Waals surface area contributed by atoms with Crippen LogP contribution in [0.5, 0.6) is 17.2 Å². The number of nitrogens with zero attached hydrogens (tertiary/aromatic N) is 1. The number of fused-ring (bicyclic) bond motifs is 1.